The highest BCUT2D eigenvalue weighted by atomic mass is 32.2. The molecule has 0 aliphatic carbocycles. The van der Waals surface area contributed by atoms with Crippen molar-refractivity contribution in [1.82, 2.24) is 5.32 Å². The molecule has 0 radical (unpaired) electrons. The Morgan fingerprint density at radius 3 is 2.55 bits per heavy atom. The summed E-state index contributed by atoms with van der Waals surface area (Å²) in [5.74, 6) is 1.88. The highest BCUT2D eigenvalue weighted by Gasteiger charge is 2.04. The third-order valence-electron chi connectivity index (χ3n) is 3.36. The van der Waals surface area contributed by atoms with Gasteiger partial charge in [-0.3, -0.25) is 0 Å². The molecule has 0 spiro atoms. The highest BCUT2D eigenvalue weighted by Crippen LogP contribution is 2.26. The largest absolute Gasteiger partial charge is 0.497 e. The lowest BCUT2D eigenvalue weighted by molar-refractivity contribution is 0.414. The van der Waals surface area contributed by atoms with Gasteiger partial charge >= 0.3 is 0 Å². The summed E-state index contributed by atoms with van der Waals surface area (Å²) < 4.78 is 5.17. The van der Waals surface area contributed by atoms with Crippen LogP contribution in [0, 0.1) is 0 Å². The van der Waals surface area contributed by atoms with Crippen LogP contribution in [0.25, 0.3) is 0 Å². The normalized spacial score (nSPS) is 12.2. The van der Waals surface area contributed by atoms with Crippen molar-refractivity contribution in [2.75, 3.05) is 14.2 Å². The van der Waals surface area contributed by atoms with Crippen LogP contribution in [0.15, 0.2) is 53.4 Å². The minimum atomic E-state index is 0.386. The number of ether oxygens (including phenoxy) is 1. The van der Waals surface area contributed by atoms with Crippen molar-refractivity contribution in [3.63, 3.8) is 0 Å². The summed E-state index contributed by atoms with van der Waals surface area (Å²) in [5.41, 5.74) is 2.63. The molecule has 106 valence electrons. The Morgan fingerprint density at radius 2 is 1.90 bits per heavy atom. The molecule has 0 aliphatic rings. The van der Waals surface area contributed by atoms with Crippen molar-refractivity contribution in [3.05, 3.63) is 59.7 Å². The lowest BCUT2D eigenvalue weighted by Gasteiger charge is -2.12. The minimum Gasteiger partial charge on any atom is -0.497 e. The molecule has 0 fully saturated rings. The zero-order chi connectivity index (χ0) is 14.4. The van der Waals surface area contributed by atoms with Gasteiger partial charge in [0, 0.05) is 16.7 Å². The van der Waals surface area contributed by atoms with Gasteiger partial charge < -0.3 is 10.1 Å². The SMILES string of the molecule is CNC(C)c1cccc(SCc2ccc(OC)cc2)c1. The third-order valence-corrected chi connectivity index (χ3v) is 4.42. The highest BCUT2D eigenvalue weighted by molar-refractivity contribution is 7.98. The maximum Gasteiger partial charge on any atom is 0.118 e. The van der Waals surface area contributed by atoms with E-state index in [1.54, 1.807) is 7.11 Å². The van der Waals surface area contributed by atoms with Crippen LogP contribution in [0.2, 0.25) is 0 Å². The first-order chi connectivity index (χ1) is 9.72. The molecule has 0 saturated heterocycles. The number of hydrogen-bond acceptors (Lipinski definition) is 3. The lowest BCUT2D eigenvalue weighted by Crippen LogP contribution is -2.11. The predicted octanol–water partition coefficient (Wildman–Crippen LogP) is 4.27. The van der Waals surface area contributed by atoms with E-state index in [1.807, 2.05) is 30.9 Å². The van der Waals surface area contributed by atoms with Gasteiger partial charge in [0.05, 0.1) is 7.11 Å². The molecule has 0 bridgehead atoms. The van der Waals surface area contributed by atoms with E-state index in [1.165, 1.54) is 16.0 Å². The molecule has 0 heterocycles. The molecule has 2 aromatic carbocycles. The average Bonchev–Trinajstić information content (AvgIpc) is 2.53. The van der Waals surface area contributed by atoms with Crippen LogP contribution in [0.5, 0.6) is 5.75 Å². The summed E-state index contributed by atoms with van der Waals surface area (Å²) in [6.07, 6.45) is 0. The van der Waals surface area contributed by atoms with Gasteiger partial charge in [0.1, 0.15) is 5.75 Å². The van der Waals surface area contributed by atoms with E-state index < -0.39 is 0 Å². The first-order valence-corrected chi connectivity index (χ1v) is 7.74. The van der Waals surface area contributed by atoms with Crippen molar-refractivity contribution in [2.24, 2.45) is 0 Å². The zero-order valence-electron chi connectivity index (χ0n) is 12.2. The van der Waals surface area contributed by atoms with E-state index in [9.17, 15) is 0 Å². The minimum absolute atomic E-state index is 0.386. The van der Waals surface area contributed by atoms with Gasteiger partial charge in [0.2, 0.25) is 0 Å². The molecule has 2 aromatic rings. The van der Waals surface area contributed by atoms with Crippen LogP contribution in [-0.2, 0) is 5.75 Å². The summed E-state index contributed by atoms with van der Waals surface area (Å²) in [4.78, 5) is 1.31. The van der Waals surface area contributed by atoms with Crippen molar-refractivity contribution in [3.8, 4) is 5.75 Å². The molecule has 1 N–H and O–H groups in total. The summed E-state index contributed by atoms with van der Waals surface area (Å²) in [6, 6.07) is 17.4. The summed E-state index contributed by atoms with van der Waals surface area (Å²) in [7, 11) is 3.68. The van der Waals surface area contributed by atoms with Crippen molar-refractivity contribution < 1.29 is 4.74 Å². The maximum absolute atomic E-state index is 5.17. The van der Waals surface area contributed by atoms with Gasteiger partial charge in [-0.25, -0.2) is 0 Å². The summed E-state index contributed by atoms with van der Waals surface area (Å²) in [6.45, 7) is 2.17. The zero-order valence-corrected chi connectivity index (χ0v) is 13.0. The van der Waals surface area contributed by atoms with Gasteiger partial charge in [-0.15, -0.1) is 11.8 Å². The first kappa shape index (κ1) is 14.9. The Balaban J connectivity index is 1.99. The number of rotatable bonds is 6. The Morgan fingerprint density at radius 1 is 1.15 bits per heavy atom. The first-order valence-electron chi connectivity index (χ1n) is 6.76. The molecule has 20 heavy (non-hydrogen) atoms. The molecule has 1 unspecified atom stereocenters. The number of hydrogen-bond donors (Lipinski definition) is 1. The molecular formula is C17H21NOS. The smallest absolute Gasteiger partial charge is 0.118 e. The topological polar surface area (TPSA) is 21.3 Å². The van der Waals surface area contributed by atoms with Gasteiger partial charge in [0.25, 0.3) is 0 Å². The van der Waals surface area contributed by atoms with Crippen LogP contribution >= 0.6 is 11.8 Å². The van der Waals surface area contributed by atoms with Crippen LogP contribution in [0.1, 0.15) is 24.1 Å². The Labute approximate surface area is 125 Å². The van der Waals surface area contributed by atoms with Crippen LogP contribution < -0.4 is 10.1 Å². The molecule has 1 atom stereocenters. The van der Waals surface area contributed by atoms with Crippen LogP contribution in [-0.4, -0.2) is 14.2 Å². The summed E-state index contributed by atoms with van der Waals surface area (Å²) >= 11 is 1.86. The Kier molecular flexibility index (Phi) is 5.50. The summed E-state index contributed by atoms with van der Waals surface area (Å²) in [5, 5.41) is 3.27. The maximum atomic E-state index is 5.17. The second-order valence-corrected chi connectivity index (χ2v) is 5.77. The van der Waals surface area contributed by atoms with E-state index in [0.29, 0.717) is 6.04 Å². The molecule has 0 aliphatic heterocycles. The van der Waals surface area contributed by atoms with Crippen LogP contribution in [0.4, 0.5) is 0 Å². The fraction of sp³-hybridized carbons (Fsp3) is 0.294. The number of benzene rings is 2. The van der Waals surface area contributed by atoms with Crippen molar-refractivity contribution >= 4 is 11.8 Å². The van der Waals surface area contributed by atoms with Gasteiger partial charge in [-0.2, -0.15) is 0 Å². The standard InChI is InChI=1S/C17H21NOS/c1-13(18-2)15-5-4-6-17(11-15)20-12-14-7-9-16(19-3)10-8-14/h4-11,13,18H,12H2,1-3H3. The molecule has 2 nitrogen and oxygen atoms in total. The van der Waals surface area contributed by atoms with E-state index in [0.717, 1.165) is 11.5 Å². The number of nitrogens with one attached hydrogen (secondary N) is 1. The molecule has 2 rings (SSSR count). The van der Waals surface area contributed by atoms with E-state index in [2.05, 4.69) is 48.6 Å². The second kappa shape index (κ2) is 7.36. The molecular weight excluding hydrogens is 266 g/mol. The van der Waals surface area contributed by atoms with E-state index >= 15 is 0 Å². The Hall–Kier alpha value is -1.45. The quantitative estimate of drug-likeness (QED) is 0.802. The van der Waals surface area contributed by atoms with E-state index in [-0.39, 0.29) is 0 Å². The van der Waals surface area contributed by atoms with Crippen molar-refractivity contribution in [2.45, 2.75) is 23.6 Å². The molecule has 3 heteroatoms. The van der Waals surface area contributed by atoms with E-state index in [4.69, 9.17) is 4.74 Å². The number of methoxy groups -OCH3 is 1. The molecule has 0 aromatic heterocycles. The molecule has 0 amide bonds. The monoisotopic (exact) mass is 287 g/mol. The predicted molar refractivity (Wildman–Crippen MR) is 86.5 cm³/mol. The van der Waals surface area contributed by atoms with Gasteiger partial charge in [-0.1, -0.05) is 24.3 Å². The van der Waals surface area contributed by atoms with Gasteiger partial charge in [0.15, 0.2) is 0 Å². The van der Waals surface area contributed by atoms with Crippen LogP contribution in [0.3, 0.4) is 0 Å². The Bertz CT molecular complexity index is 539. The average molecular weight is 287 g/mol. The van der Waals surface area contributed by atoms with Gasteiger partial charge in [-0.05, 0) is 49.4 Å². The fourth-order valence-corrected chi connectivity index (χ4v) is 2.85. The lowest BCUT2D eigenvalue weighted by atomic mass is 10.1. The fourth-order valence-electron chi connectivity index (χ4n) is 1.93. The number of thioether (sulfide) groups is 1. The second-order valence-electron chi connectivity index (χ2n) is 4.72. The van der Waals surface area contributed by atoms with Crippen molar-refractivity contribution in [1.29, 1.82) is 0 Å². The third kappa shape index (κ3) is 4.02. The molecule has 0 saturated carbocycles.